The summed E-state index contributed by atoms with van der Waals surface area (Å²) in [5.74, 6) is 1.55. The van der Waals surface area contributed by atoms with Crippen LogP contribution in [-0.2, 0) is 9.47 Å². The normalized spacial score (nSPS) is 49.7. The molecule has 18 heavy (non-hydrogen) atoms. The lowest BCUT2D eigenvalue weighted by Gasteiger charge is -2.49. The van der Waals surface area contributed by atoms with E-state index in [1.54, 1.807) is 23.5 Å². The van der Waals surface area contributed by atoms with Gasteiger partial charge in [-0.15, -0.1) is 23.5 Å². The zero-order chi connectivity index (χ0) is 12.6. The van der Waals surface area contributed by atoms with E-state index in [4.69, 9.17) is 9.47 Å². The summed E-state index contributed by atoms with van der Waals surface area (Å²) in [6.45, 7) is 0.930. The van der Waals surface area contributed by atoms with Crippen molar-refractivity contribution in [1.29, 1.82) is 0 Å². The number of hydrogen-bond acceptors (Lipinski definition) is 6. The molecule has 2 N–H and O–H groups in total. The second kappa shape index (κ2) is 5.14. The molecule has 1 aliphatic carbocycles. The average molecular weight is 292 g/mol. The van der Waals surface area contributed by atoms with E-state index in [2.05, 4.69) is 0 Å². The lowest BCUT2D eigenvalue weighted by atomic mass is 9.93. The van der Waals surface area contributed by atoms with Crippen molar-refractivity contribution < 1.29 is 19.7 Å². The molecule has 0 bridgehead atoms. The van der Waals surface area contributed by atoms with Crippen molar-refractivity contribution in [1.82, 2.24) is 0 Å². The van der Waals surface area contributed by atoms with Crippen LogP contribution in [0.25, 0.3) is 0 Å². The van der Waals surface area contributed by atoms with Gasteiger partial charge >= 0.3 is 0 Å². The van der Waals surface area contributed by atoms with Crippen molar-refractivity contribution in [2.45, 2.75) is 47.8 Å². The van der Waals surface area contributed by atoms with Crippen molar-refractivity contribution >= 4 is 23.5 Å². The molecule has 0 aromatic carbocycles. The summed E-state index contributed by atoms with van der Waals surface area (Å²) in [5.41, 5.74) is 0. The van der Waals surface area contributed by atoms with Crippen LogP contribution in [0.5, 0.6) is 0 Å². The third-order valence-electron chi connectivity index (χ3n) is 3.93. The molecule has 3 rings (SSSR count). The van der Waals surface area contributed by atoms with E-state index in [0.717, 1.165) is 37.2 Å². The zero-order valence-corrected chi connectivity index (χ0v) is 12.0. The molecule has 0 amide bonds. The smallest absolute Gasteiger partial charge is 0.114 e. The second-order valence-corrected chi connectivity index (χ2v) is 8.11. The Kier molecular flexibility index (Phi) is 3.86. The number of aliphatic hydroxyl groups excluding tert-OH is 2. The summed E-state index contributed by atoms with van der Waals surface area (Å²) < 4.78 is 11.7. The van der Waals surface area contributed by atoms with Gasteiger partial charge in [-0.3, -0.25) is 0 Å². The highest BCUT2D eigenvalue weighted by molar-refractivity contribution is 8.01. The third kappa shape index (κ3) is 2.69. The Morgan fingerprint density at radius 2 is 1.17 bits per heavy atom. The van der Waals surface area contributed by atoms with Crippen LogP contribution in [0, 0.1) is 0 Å². The van der Waals surface area contributed by atoms with Gasteiger partial charge in [0, 0.05) is 11.5 Å². The van der Waals surface area contributed by atoms with Gasteiger partial charge in [0.25, 0.3) is 0 Å². The summed E-state index contributed by atoms with van der Waals surface area (Å²) in [4.78, 5) is -0.186. The van der Waals surface area contributed by atoms with Gasteiger partial charge in [0.1, 0.15) is 9.87 Å². The molecule has 2 unspecified atom stereocenters. The van der Waals surface area contributed by atoms with Gasteiger partial charge in [-0.2, -0.15) is 0 Å². The maximum Gasteiger partial charge on any atom is 0.114 e. The first-order valence-corrected chi connectivity index (χ1v) is 8.51. The van der Waals surface area contributed by atoms with Crippen LogP contribution in [-0.4, -0.2) is 57.0 Å². The van der Waals surface area contributed by atoms with E-state index >= 15 is 0 Å². The van der Waals surface area contributed by atoms with E-state index in [1.807, 2.05) is 0 Å². The first kappa shape index (κ1) is 13.5. The summed E-state index contributed by atoms with van der Waals surface area (Å²) in [6.07, 6.45) is 3.29. The van der Waals surface area contributed by atoms with E-state index in [9.17, 15) is 10.2 Å². The number of rotatable bonds is 0. The van der Waals surface area contributed by atoms with Crippen LogP contribution >= 0.6 is 23.5 Å². The minimum absolute atomic E-state index is 0.0928. The average Bonchev–Trinajstić information content (AvgIpc) is 2.41. The van der Waals surface area contributed by atoms with Gasteiger partial charge in [0.2, 0.25) is 0 Å². The Morgan fingerprint density at radius 3 is 1.44 bits per heavy atom. The molecule has 2 aliphatic heterocycles. The maximum absolute atomic E-state index is 9.49. The molecule has 0 radical (unpaired) electrons. The zero-order valence-electron chi connectivity index (χ0n) is 10.3. The van der Waals surface area contributed by atoms with E-state index in [0.29, 0.717) is 13.2 Å². The molecule has 0 aromatic rings. The number of ether oxygens (including phenoxy) is 2. The molecular formula is C12H20O4S2. The molecule has 2 atom stereocenters. The Hall–Kier alpha value is 0.540. The van der Waals surface area contributed by atoms with Gasteiger partial charge in [-0.25, -0.2) is 0 Å². The highest BCUT2D eigenvalue weighted by Gasteiger charge is 2.48. The first-order valence-electron chi connectivity index (χ1n) is 6.53. The van der Waals surface area contributed by atoms with Crippen LogP contribution in [0.1, 0.15) is 25.7 Å². The molecular weight excluding hydrogens is 272 g/mol. The monoisotopic (exact) mass is 292 g/mol. The van der Waals surface area contributed by atoms with Crippen molar-refractivity contribution in [3.05, 3.63) is 0 Å². The molecule has 4 nitrogen and oxygen atoms in total. The lowest BCUT2D eigenvalue weighted by Crippen LogP contribution is -2.49. The Labute approximate surface area is 116 Å². The summed E-state index contributed by atoms with van der Waals surface area (Å²) in [5, 5.41) is 19.0. The van der Waals surface area contributed by atoms with Gasteiger partial charge < -0.3 is 19.7 Å². The van der Waals surface area contributed by atoms with Crippen LogP contribution in [0.4, 0.5) is 0 Å². The fourth-order valence-corrected chi connectivity index (χ4v) is 5.23. The highest BCUT2D eigenvalue weighted by Crippen LogP contribution is 2.52. The molecule has 6 heteroatoms. The van der Waals surface area contributed by atoms with Crippen LogP contribution in [0.3, 0.4) is 0 Å². The molecule has 2 heterocycles. The largest absolute Gasteiger partial charge is 0.390 e. The fraction of sp³-hybridized carbons (Fsp3) is 1.00. The fourth-order valence-electron chi connectivity index (χ4n) is 2.76. The minimum Gasteiger partial charge on any atom is -0.390 e. The Balaban J connectivity index is 1.57. The van der Waals surface area contributed by atoms with Crippen molar-refractivity contribution in [2.75, 3.05) is 24.7 Å². The molecule has 2 saturated heterocycles. The minimum atomic E-state index is -0.313. The summed E-state index contributed by atoms with van der Waals surface area (Å²) in [6, 6.07) is 0. The third-order valence-corrected chi connectivity index (χ3v) is 7.14. The van der Waals surface area contributed by atoms with Gasteiger partial charge in [-0.1, -0.05) is 0 Å². The quantitative estimate of drug-likeness (QED) is 0.700. The number of aliphatic hydroxyl groups is 2. The predicted octanol–water partition coefficient (Wildman–Crippen LogP) is 1.20. The van der Waals surface area contributed by atoms with Crippen LogP contribution in [0.2, 0.25) is 0 Å². The SMILES string of the molecule is OC1COC2(CCC3(CC2)OCC(O)CS3)SC1. The number of hydrogen-bond donors (Lipinski definition) is 2. The molecule has 1 saturated carbocycles. The van der Waals surface area contributed by atoms with Gasteiger partial charge in [-0.05, 0) is 25.7 Å². The second-order valence-electron chi connectivity index (χ2n) is 5.37. The maximum atomic E-state index is 9.49. The van der Waals surface area contributed by atoms with E-state index in [1.165, 1.54) is 0 Å². The Bertz CT molecular complexity index is 254. The van der Waals surface area contributed by atoms with Crippen LogP contribution < -0.4 is 0 Å². The lowest BCUT2D eigenvalue weighted by molar-refractivity contribution is -0.0987. The van der Waals surface area contributed by atoms with E-state index in [-0.39, 0.29) is 22.1 Å². The van der Waals surface area contributed by atoms with Crippen molar-refractivity contribution in [3.8, 4) is 0 Å². The summed E-state index contributed by atoms with van der Waals surface area (Å²) >= 11 is 3.51. The Morgan fingerprint density at radius 1 is 0.778 bits per heavy atom. The van der Waals surface area contributed by atoms with E-state index < -0.39 is 0 Å². The van der Waals surface area contributed by atoms with Gasteiger partial charge in [0.05, 0.1) is 25.4 Å². The predicted molar refractivity (Wildman–Crippen MR) is 72.8 cm³/mol. The number of thioether (sulfide) groups is 2. The van der Waals surface area contributed by atoms with Crippen molar-refractivity contribution in [2.24, 2.45) is 0 Å². The molecule has 104 valence electrons. The van der Waals surface area contributed by atoms with Crippen molar-refractivity contribution in [3.63, 3.8) is 0 Å². The van der Waals surface area contributed by atoms with Crippen LogP contribution in [0.15, 0.2) is 0 Å². The molecule has 2 spiro atoms. The molecule has 0 aromatic heterocycles. The standard InChI is InChI=1S/C12H20O4S2/c13-9-5-15-11(17-7-9)1-2-12(4-3-11)16-6-10(14)8-18-12/h9-10,13-14H,1-8H2. The first-order chi connectivity index (χ1) is 8.62. The van der Waals surface area contributed by atoms with Gasteiger partial charge in [0.15, 0.2) is 0 Å². The summed E-state index contributed by atoms with van der Waals surface area (Å²) in [7, 11) is 0. The topological polar surface area (TPSA) is 58.9 Å². The molecule has 3 fully saturated rings. The molecule has 3 aliphatic rings. The highest BCUT2D eigenvalue weighted by atomic mass is 32.2.